The normalized spacial score (nSPS) is 18.9. The Bertz CT molecular complexity index is 174. The van der Waals surface area contributed by atoms with Gasteiger partial charge in [-0.05, 0) is 40.3 Å². The molecule has 1 saturated carbocycles. The Morgan fingerprint density at radius 3 is 2.19 bits per heavy atom. The van der Waals surface area contributed by atoms with Gasteiger partial charge in [-0.3, -0.25) is 4.90 Å². The molecule has 16 heavy (non-hydrogen) atoms. The summed E-state index contributed by atoms with van der Waals surface area (Å²) in [7, 11) is 2.24. The molecule has 0 amide bonds. The van der Waals surface area contributed by atoms with Gasteiger partial charge in [0.15, 0.2) is 0 Å². The first kappa shape index (κ1) is 14.0. The van der Waals surface area contributed by atoms with E-state index in [1.54, 1.807) is 0 Å². The fourth-order valence-electron chi connectivity index (χ4n) is 2.59. The van der Waals surface area contributed by atoms with E-state index in [2.05, 4.69) is 37.6 Å². The molecule has 0 N–H and O–H groups in total. The average Bonchev–Trinajstić information content (AvgIpc) is 2.30. The van der Waals surface area contributed by atoms with Crippen LogP contribution in [0, 0.1) is 0 Å². The maximum Gasteiger partial charge on any atom is 0.0112 e. The molecule has 0 unspecified atom stereocenters. The highest BCUT2D eigenvalue weighted by Crippen LogP contribution is 2.22. The van der Waals surface area contributed by atoms with Gasteiger partial charge in [0.1, 0.15) is 0 Å². The molecule has 0 radical (unpaired) electrons. The van der Waals surface area contributed by atoms with E-state index >= 15 is 0 Å². The van der Waals surface area contributed by atoms with Crippen molar-refractivity contribution in [2.75, 3.05) is 26.7 Å². The van der Waals surface area contributed by atoms with Gasteiger partial charge in [0.2, 0.25) is 0 Å². The summed E-state index contributed by atoms with van der Waals surface area (Å²) in [5.41, 5.74) is 0. The highest BCUT2D eigenvalue weighted by atomic mass is 15.2. The van der Waals surface area contributed by atoms with Crippen LogP contribution in [0.15, 0.2) is 0 Å². The van der Waals surface area contributed by atoms with Crippen LogP contribution < -0.4 is 0 Å². The molecule has 2 heteroatoms. The number of likely N-dealkylation sites (N-methyl/N-ethyl adjacent to an activating group) is 2. The lowest BCUT2D eigenvalue weighted by molar-refractivity contribution is 0.138. The van der Waals surface area contributed by atoms with E-state index in [1.165, 1.54) is 51.7 Å². The Balaban J connectivity index is 2.30. The molecule has 1 aliphatic rings. The molecule has 0 saturated heterocycles. The van der Waals surface area contributed by atoms with Crippen molar-refractivity contribution in [3.63, 3.8) is 0 Å². The van der Waals surface area contributed by atoms with Gasteiger partial charge in [0.05, 0.1) is 0 Å². The van der Waals surface area contributed by atoms with E-state index in [0.29, 0.717) is 6.04 Å². The second kappa shape index (κ2) is 7.29. The fourth-order valence-corrected chi connectivity index (χ4v) is 2.59. The Kier molecular flexibility index (Phi) is 6.37. The van der Waals surface area contributed by atoms with Crippen LogP contribution in [0.2, 0.25) is 0 Å². The molecule has 0 heterocycles. The van der Waals surface area contributed by atoms with Crippen LogP contribution in [0.25, 0.3) is 0 Å². The van der Waals surface area contributed by atoms with E-state index in [-0.39, 0.29) is 0 Å². The number of rotatable bonds is 6. The minimum atomic E-state index is 0.671. The van der Waals surface area contributed by atoms with E-state index in [0.717, 1.165) is 6.04 Å². The van der Waals surface area contributed by atoms with Gasteiger partial charge >= 0.3 is 0 Å². The first-order valence-electron chi connectivity index (χ1n) is 7.09. The van der Waals surface area contributed by atoms with Crippen molar-refractivity contribution < 1.29 is 0 Å². The van der Waals surface area contributed by atoms with Gasteiger partial charge in [0.25, 0.3) is 0 Å². The summed E-state index contributed by atoms with van der Waals surface area (Å²) < 4.78 is 0. The lowest BCUT2D eigenvalue weighted by atomic mass is 9.94. The summed E-state index contributed by atoms with van der Waals surface area (Å²) in [6, 6.07) is 1.55. The summed E-state index contributed by atoms with van der Waals surface area (Å²) in [5, 5.41) is 0. The van der Waals surface area contributed by atoms with Crippen molar-refractivity contribution in [1.82, 2.24) is 9.80 Å². The van der Waals surface area contributed by atoms with E-state index in [9.17, 15) is 0 Å². The van der Waals surface area contributed by atoms with Crippen molar-refractivity contribution in [3.05, 3.63) is 0 Å². The lowest BCUT2D eigenvalue weighted by Gasteiger charge is -2.35. The first-order valence-corrected chi connectivity index (χ1v) is 7.09. The van der Waals surface area contributed by atoms with Crippen molar-refractivity contribution in [2.45, 2.75) is 65.0 Å². The molecule has 0 bridgehead atoms. The van der Waals surface area contributed by atoms with Crippen molar-refractivity contribution in [1.29, 1.82) is 0 Å². The van der Waals surface area contributed by atoms with Gasteiger partial charge in [0, 0.05) is 25.2 Å². The van der Waals surface area contributed by atoms with Crippen molar-refractivity contribution in [3.8, 4) is 0 Å². The summed E-state index contributed by atoms with van der Waals surface area (Å²) in [6.45, 7) is 10.5. The van der Waals surface area contributed by atoms with E-state index in [4.69, 9.17) is 0 Å². The third-order valence-corrected chi connectivity index (χ3v) is 4.12. The minimum absolute atomic E-state index is 0.671. The molecule has 1 fully saturated rings. The zero-order valence-electron chi connectivity index (χ0n) is 11.7. The number of hydrogen-bond donors (Lipinski definition) is 0. The van der Waals surface area contributed by atoms with Crippen LogP contribution in [0.3, 0.4) is 0 Å². The molecule has 0 atom stereocenters. The molecule has 0 aromatic carbocycles. The third kappa shape index (κ3) is 4.42. The van der Waals surface area contributed by atoms with Crippen LogP contribution in [-0.2, 0) is 0 Å². The van der Waals surface area contributed by atoms with E-state index < -0.39 is 0 Å². The predicted molar refractivity (Wildman–Crippen MR) is 71.9 cm³/mol. The second-order valence-corrected chi connectivity index (χ2v) is 5.49. The Morgan fingerprint density at radius 1 is 1.06 bits per heavy atom. The van der Waals surface area contributed by atoms with Gasteiger partial charge in [-0.25, -0.2) is 0 Å². The maximum absolute atomic E-state index is 2.69. The van der Waals surface area contributed by atoms with Gasteiger partial charge < -0.3 is 4.90 Å². The standard InChI is InChI=1S/C14H30N2/c1-5-16(12-11-15(4)13(2)3)14-9-7-6-8-10-14/h13-14H,5-12H2,1-4H3. The van der Waals surface area contributed by atoms with E-state index in [1.807, 2.05) is 0 Å². The zero-order chi connectivity index (χ0) is 12.0. The monoisotopic (exact) mass is 226 g/mol. The maximum atomic E-state index is 2.69. The largest absolute Gasteiger partial charge is 0.303 e. The van der Waals surface area contributed by atoms with Crippen molar-refractivity contribution in [2.24, 2.45) is 0 Å². The van der Waals surface area contributed by atoms with Gasteiger partial charge in [-0.1, -0.05) is 26.2 Å². The second-order valence-electron chi connectivity index (χ2n) is 5.49. The first-order chi connectivity index (χ1) is 7.65. The highest BCUT2D eigenvalue weighted by molar-refractivity contribution is 4.76. The molecule has 96 valence electrons. The SMILES string of the molecule is CCN(CCN(C)C(C)C)C1CCCCC1. The Hall–Kier alpha value is -0.0800. The highest BCUT2D eigenvalue weighted by Gasteiger charge is 2.19. The number of nitrogens with zero attached hydrogens (tertiary/aromatic N) is 2. The van der Waals surface area contributed by atoms with Gasteiger partial charge in [-0.2, -0.15) is 0 Å². The molecular weight excluding hydrogens is 196 g/mol. The summed E-state index contributed by atoms with van der Waals surface area (Å²) in [4.78, 5) is 5.14. The topological polar surface area (TPSA) is 6.48 Å². The smallest absolute Gasteiger partial charge is 0.0112 e. The van der Waals surface area contributed by atoms with Crippen molar-refractivity contribution >= 4 is 0 Å². The van der Waals surface area contributed by atoms with Gasteiger partial charge in [-0.15, -0.1) is 0 Å². The molecule has 0 aromatic heterocycles. The molecule has 0 aliphatic heterocycles. The Labute approximate surface area is 102 Å². The lowest BCUT2D eigenvalue weighted by Crippen LogP contribution is -2.42. The molecule has 0 spiro atoms. The quantitative estimate of drug-likeness (QED) is 0.687. The summed E-state index contributed by atoms with van der Waals surface area (Å²) in [5.74, 6) is 0. The zero-order valence-corrected chi connectivity index (χ0v) is 11.7. The van der Waals surface area contributed by atoms with Crippen LogP contribution in [0.1, 0.15) is 52.9 Å². The molecule has 0 aromatic rings. The molecular formula is C14H30N2. The van der Waals surface area contributed by atoms with Crippen LogP contribution in [0.5, 0.6) is 0 Å². The fraction of sp³-hybridized carbons (Fsp3) is 1.00. The molecule has 2 nitrogen and oxygen atoms in total. The average molecular weight is 226 g/mol. The van der Waals surface area contributed by atoms with Crippen LogP contribution in [0.4, 0.5) is 0 Å². The minimum Gasteiger partial charge on any atom is -0.303 e. The summed E-state index contributed by atoms with van der Waals surface area (Å²) >= 11 is 0. The molecule has 1 rings (SSSR count). The van der Waals surface area contributed by atoms with Crippen LogP contribution in [-0.4, -0.2) is 48.6 Å². The number of hydrogen-bond acceptors (Lipinski definition) is 2. The predicted octanol–water partition coefficient (Wildman–Crippen LogP) is 2.98. The third-order valence-electron chi connectivity index (χ3n) is 4.12. The summed E-state index contributed by atoms with van der Waals surface area (Å²) in [6.07, 6.45) is 7.21. The Morgan fingerprint density at radius 2 is 1.69 bits per heavy atom. The van der Waals surface area contributed by atoms with Crippen LogP contribution >= 0.6 is 0 Å². The molecule has 1 aliphatic carbocycles.